The first-order chi connectivity index (χ1) is 9.45. The summed E-state index contributed by atoms with van der Waals surface area (Å²) in [6, 6.07) is 2.46. The number of carboxylic acids is 1. The number of hydrogen-bond donors (Lipinski definition) is 3. The van der Waals surface area contributed by atoms with E-state index in [4.69, 9.17) is 5.11 Å². The fraction of sp³-hybridized carbons (Fsp3) is 0.333. The van der Waals surface area contributed by atoms with Crippen molar-refractivity contribution in [2.24, 2.45) is 0 Å². The van der Waals surface area contributed by atoms with Crippen molar-refractivity contribution in [2.75, 3.05) is 26.0 Å². The van der Waals surface area contributed by atoms with Gasteiger partial charge in [-0.2, -0.15) is 0 Å². The minimum absolute atomic E-state index is 0.108. The molecule has 0 radical (unpaired) electrons. The molecule has 0 bridgehead atoms. The number of rotatable bonds is 5. The van der Waals surface area contributed by atoms with Crippen LogP contribution in [0.1, 0.15) is 16.9 Å². The summed E-state index contributed by atoms with van der Waals surface area (Å²) in [5.41, 5.74) is -0.127. The molecular formula is C12H16N4O4. The van der Waals surface area contributed by atoms with Gasteiger partial charge in [0.1, 0.15) is 0 Å². The molecule has 0 saturated heterocycles. The summed E-state index contributed by atoms with van der Waals surface area (Å²) in [5.74, 6) is -1.41. The molecule has 108 valence electrons. The van der Waals surface area contributed by atoms with Gasteiger partial charge in [0.05, 0.1) is 5.69 Å². The third-order valence-corrected chi connectivity index (χ3v) is 2.55. The van der Waals surface area contributed by atoms with Gasteiger partial charge >= 0.3 is 12.0 Å². The second-order valence-corrected chi connectivity index (χ2v) is 3.98. The average Bonchev–Trinajstić information content (AvgIpc) is 2.44. The molecule has 1 rings (SSSR count). The summed E-state index contributed by atoms with van der Waals surface area (Å²) in [6.45, 7) is 0.216. The summed E-state index contributed by atoms with van der Waals surface area (Å²) in [6.07, 6.45) is 1.49. The van der Waals surface area contributed by atoms with E-state index >= 15 is 0 Å². The molecule has 0 fully saturated rings. The third kappa shape index (κ3) is 4.23. The molecule has 0 aliphatic heterocycles. The van der Waals surface area contributed by atoms with Crippen molar-refractivity contribution in [3.8, 4) is 0 Å². The molecule has 0 saturated carbocycles. The van der Waals surface area contributed by atoms with Crippen LogP contribution in [0.15, 0.2) is 18.3 Å². The number of aromatic nitrogens is 1. The molecule has 0 aromatic carbocycles. The van der Waals surface area contributed by atoms with Crippen LogP contribution in [0, 0.1) is 0 Å². The lowest BCUT2D eigenvalue weighted by Crippen LogP contribution is -2.35. The van der Waals surface area contributed by atoms with Crippen molar-refractivity contribution in [3.63, 3.8) is 0 Å². The number of hydrogen-bond acceptors (Lipinski definition) is 4. The molecule has 0 atom stereocenters. The first-order valence-electron chi connectivity index (χ1n) is 5.86. The number of carboxylic acid groups (broad SMARTS) is 1. The second kappa shape index (κ2) is 7.07. The Kier molecular flexibility index (Phi) is 5.45. The number of nitrogens with zero attached hydrogens (tertiary/aromatic N) is 2. The highest BCUT2D eigenvalue weighted by Gasteiger charge is 2.16. The van der Waals surface area contributed by atoms with Crippen LogP contribution in [0.25, 0.3) is 0 Å². The lowest BCUT2D eigenvalue weighted by Gasteiger charge is -2.17. The molecule has 8 heteroatoms. The molecule has 1 aromatic heterocycles. The van der Waals surface area contributed by atoms with Crippen molar-refractivity contribution in [1.82, 2.24) is 15.2 Å². The molecule has 8 nitrogen and oxygen atoms in total. The Bertz CT molecular complexity index is 518. The van der Waals surface area contributed by atoms with Crippen molar-refractivity contribution in [1.29, 1.82) is 0 Å². The highest BCUT2D eigenvalue weighted by Crippen LogP contribution is 2.12. The quantitative estimate of drug-likeness (QED) is 0.722. The summed E-state index contributed by atoms with van der Waals surface area (Å²) in [7, 11) is 3.02. The fourth-order valence-electron chi connectivity index (χ4n) is 1.38. The van der Waals surface area contributed by atoms with Gasteiger partial charge in [0.25, 0.3) is 0 Å². The van der Waals surface area contributed by atoms with Crippen molar-refractivity contribution in [2.45, 2.75) is 6.42 Å². The number of pyridine rings is 1. The maximum atomic E-state index is 11.9. The van der Waals surface area contributed by atoms with Crippen LogP contribution in [0.2, 0.25) is 0 Å². The monoisotopic (exact) mass is 280 g/mol. The van der Waals surface area contributed by atoms with Gasteiger partial charge in [0.2, 0.25) is 5.91 Å². The van der Waals surface area contributed by atoms with E-state index < -0.39 is 12.0 Å². The molecule has 1 heterocycles. The van der Waals surface area contributed by atoms with Crippen LogP contribution in [-0.2, 0) is 4.79 Å². The molecule has 1 aromatic rings. The van der Waals surface area contributed by atoms with Gasteiger partial charge in [-0.3, -0.25) is 4.79 Å². The Balaban J connectivity index is 2.66. The van der Waals surface area contributed by atoms with E-state index in [1.165, 1.54) is 37.3 Å². The largest absolute Gasteiger partial charge is 0.476 e. The number of carbonyl (C=O) groups excluding carboxylic acids is 2. The number of nitrogens with one attached hydrogen (secondary N) is 2. The number of anilines is 1. The number of amides is 3. The van der Waals surface area contributed by atoms with E-state index in [1.807, 2.05) is 0 Å². The van der Waals surface area contributed by atoms with Crippen molar-refractivity contribution in [3.05, 3.63) is 24.0 Å². The van der Waals surface area contributed by atoms with Gasteiger partial charge in [-0.15, -0.1) is 0 Å². The maximum absolute atomic E-state index is 11.9. The summed E-state index contributed by atoms with van der Waals surface area (Å²) in [5, 5.41) is 13.8. The summed E-state index contributed by atoms with van der Waals surface area (Å²) >= 11 is 0. The number of aromatic carboxylic acids is 1. The van der Waals surface area contributed by atoms with Gasteiger partial charge in [0, 0.05) is 33.3 Å². The van der Waals surface area contributed by atoms with Crippen LogP contribution < -0.4 is 10.6 Å². The van der Waals surface area contributed by atoms with Gasteiger partial charge in [-0.05, 0) is 12.1 Å². The van der Waals surface area contributed by atoms with Crippen LogP contribution >= 0.6 is 0 Å². The first-order valence-corrected chi connectivity index (χ1v) is 5.86. The predicted molar refractivity (Wildman–Crippen MR) is 71.5 cm³/mol. The van der Waals surface area contributed by atoms with Crippen LogP contribution in [0.5, 0.6) is 0 Å². The molecule has 0 spiro atoms. The van der Waals surface area contributed by atoms with Gasteiger partial charge < -0.3 is 20.6 Å². The van der Waals surface area contributed by atoms with E-state index in [9.17, 15) is 14.4 Å². The zero-order valence-electron chi connectivity index (χ0n) is 11.2. The Morgan fingerprint density at radius 2 is 2.10 bits per heavy atom. The van der Waals surface area contributed by atoms with E-state index in [2.05, 4.69) is 15.6 Å². The Morgan fingerprint density at radius 3 is 2.70 bits per heavy atom. The van der Waals surface area contributed by atoms with Crippen molar-refractivity contribution < 1.29 is 19.5 Å². The minimum atomic E-state index is -1.23. The topological polar surface area (TPSA) is 112 Å². The average molecular weight is 280 g/mol. The van der Waals surface area contributed by atoms with Crippen LogP contribution in [0.3, 0.4) is 0 Å². The molecule has 0 unspecified atom stereocenters. The van der Waals surface area contributed by atoms with E-state index in [-0.39, 0.29) is 30.3 Å². The normalized spacial score (nSPS) is 9.70. The zero-order chi connectivity index (χ0) is 15.1. The molecule has 0 aliphatic carbocycles. The molecular weight excluding hydrogens is 264 g/mol. The lowest BCUT2D eigenvalue weighted by atomic mass is 10.3. The SMILES string of the molecule is CNC(=O)CCN(C)C(=O)Nc1cccnc1C(=O)O. The Hall–Kier alpha value is -2.64. The lowest BCUT2D eigenvalue weighted by molar-refractivity contribution is -0.120. The number of urea groups is 1. The van der Waals surface area contributed by atoms with E-state index in [0.717, 1.165) is 0 Å². The second-order valence-electron chi connectivity index (χ2n) is 3.98. The predicted octanol–water partition coefficient (Wildman–Crippen LogP) is 0.380. The smallest absolute Gasteiger partial charge is 0.356 e. The third-order valence-electron chi connectivity index (χ3n) is 2.55. The summed E-state index contributed by atoms with van der Waals surface area (Å²) in [4.78, 5) is 38.8. The molecule has 3 N–H and O–H groups in total. The summed E-state index contributed by atoms with van der Waals surface area (Å²) < 4.78 is 0. The van der Waals surface area contributed by atoms with Gasteiger partial charge in [0.15, 0.2) is 5.69 Å². The zero-order valence-corrected chi connectivity index (χ0v) is 11.2. The molecule has 3 amide bonds. The van der Waals surface area contributed by atoms with Crippen LogP contribution in [0.4, 0.5) is 10.5 Å². The first kappa shape index (κ1) is 15.4. The van der Waals surface area contributed by atoms with Crippen molar-refractivity contribution >= 4 is 23.6 Å². The Morgan fingerprint density at radius 1 is 1.40 bits per heavy atom. The fourth-order valence-corrected chi connectivity index (χ4v) is 1.38. The van der Waals surface area contributed by atoms with E-state index in [0.29, 0.717) is 0 Å². The van der Waals surface area contributed by atoms with E-state index in [1.54, 1.807) is 0 Å². The highest BCUT2D eigenvalue weighted by molar-refractivity contribution is 5.98. The highest BCUT2D eigenvalue weighted by atomic mass is 16.4. The molecule has 20 heavy (non-hydrogen) atoms. The Labute approximate surface area is 115 Å². The molecule has 0 aliphatic rings. The number of carbonyl (C=O) groups is 3. The van der Waals surface area contributed by atoms with Gasteiger partial charge in [-0.1, -0.05) is 0 Å². The minimum Gasteiger partial charge on any atom is -0.476 e. The van der Waals surface area contributed by atoms with Gasteiger partial charge in [-0.25, -0.2) is 14.6 Å². The maximum Gasteiger partial charge on any atom is 0.356 e. The van der Waals surface area contributed by atoms with Crippen LogP contribution in [-0.4, -0.2) is 53.5 Å². The standard InChI is InChI=1S/C12H16N4O4/c1-13-9(17)5-7-16(2)12(20)15-8-4-3-6-14-10(8)11(18)19/h3-4,6H,5,7H2,1-2H3,(H,13,17)(H,15,20)(H,18,19).